The molecule has 0 N–H and O–H groups in total. The summed E-state index contributed by atoms with van der Waals surface area (Å²) in [6, 6.07) is 0. The molecule has 0 bridgehead atoms. The molecule has 0 saturated heterocycles. The van der Waals surface area contributed by atoms with Crippen molar-refractivity contribution in [2.24, 2.45) is 0 Å². The Morgan fingerprint density at radius 2 is 1.19 bits per heavy atom. The first kappa shape index (κ1) is 24.2. The van der Waals surface area contributed by atoms with Crippen LogP contribution >= 0.6 is 0 Å². The summed E-state index contributed by atoms with van der Waals surface area (Å²) in [6.07, 6.45) is 13.1. The van der Waals surface area contributed by atoms with Gasteiger partial charge in [-0.25, -0.2) is 8.42 Å². The number of hydrogen-bond donors (Lipinski definition) is 0. The molecule has 0 spiro atoms. The van der Waals surface area contributed by atoms with Gasteiger partial charge in [-0.2, -0.15) is 0 Å². The van der Waals surface area contributed by atoms with E-state index in [1.54, 1.807) is 13.8 Å². The Balaban J connectivity index is 0. The van der Waals surface area contributed by atoms with Crippen molar-refractivity contribution in [3.05, 3.63) is 0 Å². The molecular weight excluding hydrogens is 295 g/mol. The largest absolute Gasteiger partial charge is 1.00 e. The molecule has 0 aromatic rings. The third kappa shape index (κ3) is 11.1. The second-order valence-electron chi connectivity index (χ2n) is 6.19. The quantitative estimate of drug-likeness (QED) is 0.295. The summed E-state index contributed by atoms with van der Waals surface area (Å²) in [4.78, 5) is 0. The summed E-state index contributed by atoms with van der Waals surface area (Å²) in [5.41, 5.74) is 0. The van der Waals surface area contributed by atoms with Crippen molar-refractivity contribution in [3.8, 4) is 0 Å². The molecule has 0 aliphatic rings. The third-order valence-corrected chi connectivity index (χ3v) is 6.11. The first-order chi connectivity index (χ1) is 9.37. The van der Waals surface area contributed by atoms with Gasteiger partial charge in [-0.05, 0) is 19.8 Å². The van der Waals surface area contributed by atoms with E-state index in [-0.39, 0.29) is 29.6 Å². The van der Waals surface area contributed by atoms with Crippen LogP contribution in [0.1, 0.15) is 97.8 Å². The van der Waals surface area contributed by atoms with Crippen LogP contribution in [0.5, 0.6) is 0 Å². The summed E-state index contributed by atoms with van der Waals surface area (Å²) in [7, 11) is -4.17. The maximum absolute atomic E-state index is 11.2. The second-order valence-corrected chi connectivity index (χ2v) is 8.08. The molecule has 0 aromatic carbocycles. The zero-order chi connectivity index (χ0) is 15.5. The SMILES string of the molecule is CCCCCCCCCCCCC(C)(CC)S(=O)(=O)[O-].[Na+]. The zero-order valence-electron chi connectivity index (χ0n) is 14.6. The molecular formula is C16H33NaO3S. The molecule has 0 aliphatic carbocycles. The molecule has 0 fully saturated rings. The molecule has 0 radical (unpaired) electrons. The van der Waals surface area contributed by atoms with E-state index < -0.39 is 14.9 Å². The zero-order valence-corrected chi connectivity index (χ0v) is 17.4. The van der Waals surface area contributed by atoms with Gasteiger partial charge in [0, 0.05) is 0 Å². The van der Waals surface area contributed by atoms with E-state index in [4.69, 9.17) is 0 Å². The molecule has 0 aromatic heterocycles. The molecule has 21 heavy (non-hydrogen) atoms. The van der Waals surface area contributed by atoms with Gasteiger partial charge in [0.25, 0.3) is 0 Å². The van der Waals surface area contributed by atoms with Crippen molar-refractivity contribution < 1.29 is 42.5 Å². The maximum atomic E-state index is 11.2. The van der Waals surface area contributed by atoms with Crippen LogP contribution in [0, 0.1) is 0 Å². The summed E-state index contributed by atoms with van der Waals surface area (Å²) in [6.45, 7) is 5.60. The van der Waals surface area contributed by atoms with Crippen molar-refractivity contribution in [3.63, 3.8) is 0 Å². The first-order valence-electron chi connectivity index (χ1n) is 8.33. The van der Waals surface area contributed by atoms with Crippen LogP contribution in [0.2, 0.25) is 0 Å². The van der Waals surface area contributed by atoms with Gasteiger partial charge in [0.1, 0.15) is 10.1 Å². The summed E-state index contributed by atoms with van der Waals surface area (Å²) < 4.78 is 32.6. The van der Waals surface area contributed by atoms with E-state index in [1.807, 2.05) is 0 Å². The van der Waals surface area contributed by atoms with Gasteiger partial charge in [-0.3, -0.25) is 0 Å². The minimum absolute atomic E-state index is 0. The molecule has 3 nitrogen and oxygen atoms in total. The van der Waals surface area contributed by atoms with E-state index in [1.165, 1.54) is 44.9 Å². The van der Waals surface area contributed by atoms with Crippen LogP contribution in [0.25, 0.3) is 0 Å². The standard InChI is InChI=1S/C16H34O3S.Na/c1-4-6-7-8-9-10-11-12-13-14-15-16(3,5-2)20(17,18)19;/h4-15H2,1-3H3,(H,17,18,19);/q;+1/p-1. The molecule has 0 aliphatic heterocycles. The van der Waals surface area contributed by atoms with E-state index in [9.17, 15) is 13.0 Å². The van der Waals surface area contributed by atoms with Crippen molar-refractivity contribution in [2.75, 3.05) is 0 Å². The summed E-state index contributed by atoms with van der Waals surface area (Å²) >= 11 is 0. The average Bonchev–Trinajstić information content (AvgIpc) is 2.39. The minimum atomic E-state index is -4.17. The number of hydrogen-bond acceptors (Lipinski definition) is 3. The summed E-state index contributed by atoms with van der Waals surface area (Å²) in [5.74, 6) is 0. The Kier molecular flexibility index (Phi) is 15.4. The Hall–Kier alpha value is 0.910. The Morgan fingerprint density at radius 1 is 0.810 bits per heavy atom. The van der Waals surface area contributed by atoms with Crippen molar-refractivity contribution in [2.45, 2.75) is 103 Å². The molecule has 0 rings (SSSR count). The van der Waals surface area contributed by atoms with Crippen molar-refractivity contribution >= 4 is 10.1 Å². The fraction of sp³-hybridized carbons (Fsp3) is 1.00. The second kappa shape index (κ2) is 13.4. The van der Waals surface area contributed by atoms with Gasteiger partial charge in [-0.1, -0.05) is 78.1 Å². The van der Waals surface area contributed by atoms with Crippen molar-refractivity contribution in [1.29, 1.82) is 0 Å². The molecule has 122 valence electrons. The van der Waals surface area contributed by atoms with Crippen LogP contribution in [0.3, 0.4) is 0 Å². The number of unbranched alkanes of at least 4 members (excludes halogenated alkanes) is 9. The predicted octanol–water partition coefficient (Wildman–Crippen LogP) is 2.02. The third-order valence-electron chi connectivity index (χ3n) is 4.41. The van der Waals surface area contributed by atoms with Gasteiger partial charge in [-0.15, -0.1) is 0 Å². The minimum Gasteiger partial charge on any atom is -0.748 e. The van der Waals surface area contributed by atoms with Crippen molar-refractivity contribution in [1.82, 2.24) is 0 Å². The van der Waals surface area contributed by atoms with Gasteiger partial charge >= 0.3 is 29.6 Å². The molecule has 1 unspecified atom stereocenters. The van der Waals surface area contributed by atoms with E-state index in [0.717, 1.165) is 19.3 Å². The maximum Gasteiger partial charge on any atom is 1.00 e. The van der Waals surface area contributed by atoms with Gasteiger partial charge in [0.05, 0.1) is 4.75 Å². The Labute approximate surface area is 154 Å². The normalized spacial score (nSPS) is 14.5. The fourth-order valence-electron chi connectivity index (χ4n) is 2.46. The van der Waals surface area contributed by atoms with E-state index in [0.29, 0.717) is 12.8 Å². The Bertz CT molecular complexity index is 330. The van der Waals surface area contributed by atoms with Crippen LogP contribution in [0.15, 0.2) is 0 Å². The van der Waals surface area contributed by atoms with Crippen LogP contribution in [-0.2, 0) is 10.1 Å². The Morgan fingerprint density at radius 3 is 1.52 bits per heavy atom. The molecule has 1 atom stereocenters. The van der Waals surface area contributed by atoms with Gasteiger partial charge in [0.15, 0.2) is 0 Å². The molecule has 0 heterocycles. The van der Waals surface area contributed by atoms with Crippen LogP contribution in [-0.4, -0.2) is 17.7 Å². The monoisotopic (exact) mass is 328 g/mol. The molecule has 5 heteroatoms. The van der Waals surface area contributed by atoms with Crippen LogP contribution < -0.4 is 29.6 Å². The average molecular weight is 328 g/mol. The number of rotatable bonds is 13. The van der Waals surface area contributed by atoms with Crippen LogP contribution in [0.4, 0.5) is 0 Å². The molecule has 0 amide bonds. The van der Waals surface area contributed by atoms with Gasteiger partial charge < -0.3 is 4.55 Å². The summed E-state index contributed by atoms with van der Waals surface area (Å²) in [5, 5.41) is 0. The topological polar surface area (TPSA) is 57.2 Å². The van der Waals surface area contributed by atoms with E-state index >= 15 is 0 Å². The predicted molar refractivity (Wildman–Crippen MR) is 84.9 cm³/mol. The van der Waals surface area contributed by atoms with Gasteiger partial charge in [0.2, 0.25) is 0 Å². The fourth-order valence-corrected chi connectivity index (χ4v) is 3.21. The first-order valence-corrected chi connectivity index (χ1v) is 9.73. The van der Waals surface area contributed by atoms with E-state index in [2.05, 4.69) is 6.92 Å². The smallest absolute Gasteiger partial charge is 0.748 e. The molecule has 0 saturated carbocycles.